The molecular weight excluding hydrogens is 368 g/mol. The van der Waals surface area contributed by atoms with Crippen LogP contribution in [0.2, 0.25) is 0 Å². The van der Waals surface area contributed by atoms with Gasteiger partial charge in [-0.1, -0.05) is 37.3 Å². The summed E-state index contributed by atoms with van der Waals surface area (Å²) in [4.78, 5) is 38.7. The Labute approximate surface area is 170 Å². The molecule has 1 heterocycles. The number of carbonyl (C=O) groups is 3. The van der Waals surface area contributed by atoms with Gasteiger partial charge in [-0.3, -0.25) is 14.4 Å². The number of nitrogens with zero attached hydrogens (tertiary/aromatic N) is 1. The highest BCUT2D eigenvalue weighted by molar-refractivity contribution is 6.00. The fourth-order valence-corrected chi connectivity index (χ4v) is 3.50. The van der Waals surface area contributed by atoms with Gasteiger partial charge in [0, 0.05) is 24.3 Å². The second-order valence-corrected chi connectivity index (χ2v) is 7.29. The number of para-hydroxylation sites is 1. The van der Waals surface area contributed by atoms with Crippen molar-refractivity contribution < 1.29 is 19.1 Å². The van der Waals surface area contributed by atoms with Gasteiger partial charge in [0.05, 0.1) is 5.92 Å². The number of anilines is 2. The lowest BCUT2D eigenvalue weighted by Crippen LogP contribution is -2.28. The third-order valence-corrected chi connectivity index (χ3v) is 5.35. The number of ether oxygens (including phenoxy) is 1. The summed E-state index contributed by atoms with van der Waals surface area (Å²) in [5.41, 5.74) is 4.63. The van der Waals surface area contributed by atoms with E-state index < -0.39 is 17.8 Å². The highest BCUT2D eigenvalue weighted by atomic mass is 16.5. The Balaban J connectivity index is 1.57. The van der Waals surface area contributed by atoms with Crippen LogP contribution in [0.3, 0.4) is 0 Å². The third kappa shape index (κ3) is 4.65. The van der Waals surface area contributed by atoms with Crippen LogP contribution in [0.25, 0.3) is 0 Å². The van der Waals surface area contributed by atoms with Crippen LogP contribution in [0, 0.1) is 19.8 Å². The molecule has 152 valence electrons. The summed E-state index contributed by atoms with van der Waals surface area (Å²) < 4.78 is 5.19. The van der Waals surface area contributed by atoms with Crippen LogP contribution in [-0.2, 0) is 25.5 Å². The number of benzene rings is 2. The lowest BCUT2D eigenvalue weighted by molar-refractivity contribution is -0.151. The predicted molar refractivity (Wildman–Crippen MR) is 112 cm³/mol. The molecule has 0 spiro atoms. The molecule has 0 aliphatic carbocycles. The lowest BCUT2D eigenvalue weighted by Gasteiger charge is -2.19. The Bertz CT molecular complexity index is 938. The number of esters is 1. The first kappa shape index (κ1) is 20.6. The highest BCUT2D eigenvalue weighted by Gasteiger charge is 2.37. The zero-order valence-corrected chi connectivity index (χ0v) is 17.0. The van der Waals surface area contributed by atoms with E-state index in [9.17, 15) is 14.4 Å². The molecule has 1 N–H and O–H groups in total. The minimum absolute atomic E-state index is 0.0927. The van der Waals surface area contributed by atoms with Gasteiger partial charge in [0.15, 0.2) is 6.61 Å². The number of hydrogen-bond donors (Lipinski definition) is 1. The van der Waals surface area contributed by atoms with Crippen molar-refractivity contribution in [2.75, 3.05) is 23.4 Å². The van der Waals surface area contributed by atoms with Crippen molar-refractivity contribution >= 4 is 29.2 Å². The number of nitrogens with one attached hydrogen (secondary N) is 1. The molecule has 6 nitrogen and oxygen atoms in total. The van der Waals surface area contributed by atoms with Crippen molar-refractivity contribution in [2.24, 2.45) is 5.92 Å². The minimum atomic E-state index is -0.569. The third-order valence-electron chi connectivity index (χ3n) is 5.35. The smallest absolute Gasteiger partial charge is 0.311 e. The van der Waals surface area contributed by atoms with Gasteiger partial charge in [-0.05, 0) is 49.1 Å². The predicted octanol–water partition coefficient (Wildman–Crippen LogP) is 3.40. The Morgan fingerprint density at radius 3 is 2.66 bits per heavy atom. The molecule has 1 fully saturated rings. The normalized spacial score (nSPS) is 16.0. The van der Waals surface area contributed by atoms with E-state index in [0.29, 0.717) is 5.69 Å². The van der Waals surface area contributed by atoms with Crippen LogP contribution < -0.4 is 10.2 Å². The monoisotopic (exact) mass is 394 g/mol. The van der Waals surface area contributed by atoms with Crippen LogP contribution in [0.15, 0.2) is 42.5 Å². The van der Waals surface area contributed by atoms with Crippen LogP contribution in [0.1, 0.15) is 30.0 Å². The van der Waals surface area contributed by atoms with Gasteiger partial charge in [0.25, 0.3) is 5.91 Å². The molecule has 29 heavy (non-hydrogen) atoms. The summed E-state index contributed by atoms with van der Waals surface area (Å²) in [6.07, 6.45) is 0.892. The van der Waals surface area contributed by atoms with E-state index in [0.717, 1.165) is 28.8 Å². The molecule has 6 heteroatoms. The van der Waals surface area contributed by atoms with Crippen molar-refractivity contribution in [3.8, 4) is 0 Å². The maximum atomic E-state index is 12.4. The van der Waals surface area contributed by atoms with Gasteiger partial charge in [0.2, 0.25) is 5.91 Å². The topological polar surface area (TPSA) is 75.7 Å². The Morgan fingerprint density at radius 2 is 1.90 bits per heavy atom. The zero-order chi connectivity index (χ0) is 21.0. The quantitative estimate of drug-likeness (QED) is 0.762. The fraction of sp³-hybridized carbons (Fsp3) is 0.348. The van der Waals surface area contributed by atoms with Gasteiger partial charge in [-0.15, -0.1) is 0 Å². The molecule has 1 saturated heterocycles. The summed E-state index contributed by atoms with van der Waals surface area (Å²) in [5, 5.41) is 2.76. The van der Waals surface area contributed by atoms with E-state index >= 15 is 0 Å². The maximum Gasteiger partial charge on any atom is 0.311 e. The molecule has 2 aromatic rings. The van der Waals surface area contributed by atoms with Gasteiger partial charge >= 0.3 is 5.97 Å². The van der Waals surface area contributed by atoms with E-state index in [1.165, 1.54) is 0 Å². The molecule has 0 saturated carbocycles. The molecule has 0 aromatic heterocycles. The molecular formula is C23H26N2O4. The average molecular weight is 394 g/mol. The Morgan fingerprint density at radius 1 is 1.14 bits per heavy atom. The molecule has 1 atom stereocenters. The van der Waals surface area contributed by atoms with Crippen LogP contribution in [0.5, 0.6) is 0 Å². The summed E-state index contributed by atoms with van der Waals surface area (Å²) in [6, 6.07) is 13.3. The standard InChI is InChI=1S/C23H26N2O4/c1-4-17-9-5-6-11-20(17)25-13-18(12-22(25)27)23(28)29-14-21(26)24-19-10-7-8-15(2)16(19)3/h5-11,18H,4,12-14H2,1-3H3,(H,24,26)/t18-/m1/s1. The van der Waals surface area contributed by atoms with Gasteiger partial charge < -0.3 is 15.0 Å². The molecule has 1 aliphatic rings. The summed E-state index contributed by atoms with van der Waals surface area (Å²) in [7, 11) is 0. The first-order chi connectivity index (χ1) is 13.9. The van der Waals surface area contributed by atoms with E-state index in [4.69, 9.17) is 4.74 Å². The van der Waals surface area contributed by atoms with Gasteiger partial charge in [-0.2, -0.15) is 0 Å². The number of amides is 2. The van der Waals surface area contributed by atoms with Crippen LogP contribution in [0.4, 0.5) is 11.4 Å². The molecule has 0 bridgehead atoms. The molecule has 2 amide bonds. The first-order valence-corrected chi connectivity index (χ1v) is 9.81. The largest absolute Gasteiger partial charge is 0.455 e. The maximum absolute atomic E-state index is 12.4. The van der Waals surface area contributed by atoms with Crippen LogP contribution >= 0.6 is 0 Å². The molecule has 2 aromatic carbocycles. The fourth-order valence-electron chi connectivity index (χ4n) is 3.50. The minimum Gasteiger partial charge on any atom is -0.455 e. The number of rotatable bonds is 6. The number of hydrogen-bond acceptors (Lipinski definition) is 4. The van der Waals surface area contributed by atoms with Crippen molar-refractivity contribution in [1.29, 1.82) is 0 Å². The number of aryl methyl sites for hydroxylation is 2. The van der Waals surface area contributed by atoms with Crippen molar-refractivity contribution in [2.45, 2.75) is 33.6 Å². The van der Waals surface area contributed by atoms with Crippen molar-refractivity contribution in [3.05, 3.63) is 59.2 Å². The van der Waals surface area contributed by atoms with E-state index in [2.05, 4.69) is 5.32 Å². The summed E-state index contributed by atoms with van der Waals surface area (Å²) >= 11 is 0. The second kappa shape index (κ2) is 8.90. The van der Waals surface area contributed by atoms with Crippen LogP contribution in [-0.4, -0.2) is 30.9 Å². The van der Waals surface area contributed by atoms with E-state index in [1.807, 2.05) is 57.2 Å². The van der Waals surface area contributed by atoms with E-state index in [-0.39, 0.29) is 25.5 Å². The SMILES string of the molecule is CCc1ccccc1N1C[C@H](C(=O)OCC(=O)Nc2cccc(C)c2C)CC1=O. The molecule has 0 radical (unpaired) electrons. The van der Waals surface area contributed by atoms with Crippen molar-refractivity contribution in [3.63, 3.8) is 0 Å². The Kier molecular flexibility index (Phi) is 6.32. The lowest BCUT2D eigenvalue weighted by atomic mass is 10.1. The summed E-state index contributed by atoms with van der Waals surface area (Å²) in [6.45, 7) is 5.81. The van der Waals surface area contributed by atoms with Gasteiger partial charge in [0.1, 0.15) is 0 Å². The molecule has 3 rings (SSSR count). The van der Waals surface area contributed by atoms with Gasteiger partial charge in [-0.25, -0.2) is 0 Å². The van der Waals surface area contributed by atoms with E-state index in [1.54, 1.807) is 11.0 Å². The Hall–Kier alpha value is -3.15. The molecule has 0 unspecified atom stereocenters. The average Bonchev–Trinajstić information content (AvgIpc) is 3.11. The molecule has 1 aliphatic heterocycles. The number of carbonyl (C=O) groups excluding carboxylic acids is 3. The first-order valence-electron chi connectivity index (χ1n) is 9.81. The highest BCUT2D eigenvalue weighted by Crippen LogP contribution is 2.29. The summed E-state index contributed by atoms with van der Waals surface area (Å²) in [5.74, 6) is -1.59. The van der Waals surface area contributed by atoms with Crippen molar-refractivity contribution in [1.82, 2.24) is 0 Å². The zero-order valence-electron chi connectivity index (χ0n) is 17.0. The second-order valence-electron chi connectivity index (χ2n) is 7.29.